The lowest BCUT2D eigenvalue weighted by Crippen LogP contribution is -1.72. The molecule has 0 saturated carbocycles. The predicted molar refractivity (Wildman–Crippen MR) is 51.9 cm³/mol. The van der Waals surface area contributed by atoms with Crippen molar-refractivity contribution in [3.05, 3.63) is 39.3 Å². The van der Waals surface area contributed by atoms with E-state index in [2.05, 4.69) is 38.4 Å². The molecule has 0 fully saturated rings. The van der Waals surface area contributed by atoms with Gasteiger partial charge in [0.05, 0.1) is 0 Å². The zero-order valence-corrected chi connectivity index (χ0v) is 8.44. The molecule has 0 N–H and O–H groups in total. The summed E-state index contributed by atoms with van der Waals surface area (Å²) in [5, 5.41) is 0. The van der Waals surface area contributed by atoms with Crippen molar-refractivity contribution in [2.45, 2.75) is 0 Å². The van der Waals surface area contributed by atoms with Gasteiger partial charge in [-0.1, -0.05) is 18.7 Å². The largest absolute Gasteiger partial charge is 0.0985 e. The van der Waals surface area contributed by atoms with Gasteiger partial charge in [0, 0.05) is 8.95 Å². The number of rotatable bonds is 1. The Kier molecular flexibility index (Phi) is 2.69. The van der Waals surface area contributed by atoms with E-state index in [9.17, 15) is 0 Å². The van der Waals surface area contributed by atoms with Gasteiger partial charge in [-0.3, -0.25) is 0 Å². The van der Waals surface area contributed by atoms with E-state index in [4.69, 9.17) is 0 Å². The SMILES string of the molecule is C=Cc1ccc(Br)c(Br)c1. The van der Waals surface area contributed by atoms with E-state index < -0.39 is 0 Å². The zero-order valence-electron chi connectivity index (χ0n) is 5.27. The van der Waals surface area contributed by atoms with Crippen LogP contribution in [0.25, 0.3) is 6.08 Å². The van der Waals surface area contributed by atoms with Crippen LogP contribution in [0.3, 0.4) is 0 Å². The highest BCUT2D eigenvalue weighted by molar-refractivity contribution is 9.13. The number of halogens is 2. The van der Waals surface area contributed by atoms with Gasteiger partial charge < -0.3 is 0 Å². The summed E-state index contributed by atoms with van der Waals surface area (Å²) in [6.45, 7) is 3.67. The van der Waals surface area contributed by atoms with Gasteiger partial charge >= 0.3 is 0 Å². The molecule has 0 unspecified atom stereocenters. The summed E-state index contributed by atoms with van der Waals surface area (Å²) < 4.78 is 2.13. The molecule has 0 aliphatic heterocycles. The Bertz CT molecular complexity index is 253. The van der Waals surface area contributed by atoms with Crippen LogP contribution in [0, 0.1) is 0 Å². The molecule has 0 atom stereocenters. The third-order valence-electron chi connectivity index (χ3n) is 1.18. The van der Waals surface area contributed by atoms with Gasteiger partial charge in [-0.25, -0.2) is 0 Å². The van der Waals surface area contributed by atoms with Crippen molar-refractivity contribution in [3.8, 4) is 0 Å². The van der Waals surface area contributed by atoms with E-state index in [0.29, 0.717) is 0 Å². The summed E-state index contributed by atoms with van der Waals surface area (Å²) in [4.78, 5) is 0. The Hall–Kier alpha value is -0.0800. The Morgan fingerprint density at radius 1 is 1.20 bits per heavy atom. The van der Waals surface area contributed by atoms with Crippen LogP contribution in [0.15, 0.2) is 33.7 Å². The molecule has 1 aromatic carbocycles. The van der Waals surface area contributed by atoms with Gasteiger partial charge in [0.15, 0.2) is 0 Å². The van der Waals surface area contributed by atoms with Crippen molar-refractivity contribution in [2.75, 3.05) is 0 Å². The lowest BCUT2D eigenvalue weighted by atomic mass is 10.2. The second-order valence-electron chi connectivity index (χ2n) is 1.88. The maximum atomic E-state index is 3.67. The highest BCUT2D eigenvalue weighted by atomic mass is 79.9. The lowest BCUT2D eigenvalue weighted by Gasteiger charge is -1.96. The highest BCUT2D eigenvalue weighted by Crippen LogP contribution is 2.23. The molecule has 52 valence electrons. The van der Waals surface area contributed by atoms with Gasteiger partial charge in [0.1, 0.15) is 0 Å². The molecule has 0 amide bonds. The molecule has 0 saturated heterocycles. The van der Waals surface area contributed by atoms with E-state index in [1.165, 1.54) is 0 Å². The molecule has 0 bridgehead atoms. The fourth-order valence-electron chi connectivity index (χ4n) is 0.639. The van der Waals surface area contributed by atoms with Crippen LogP contribution < -0.4 is 0 Å². The first-order valence-corrected chi connectivity index (χ1v) is 4.40. The van der Waals surface area contributed by atoms with E-state index in [1.807, 2.05) is 24.3 Å². The van der Waals surface area contributed by atoms with Crippen LogP contribution in [0.2, 0.25) is 0 Å². The summed E-state index contributed by atoms with van der Waals surface area (Å²) in [6, 6.07) is 6.00. The predicted octanol–water partition coefficient (Wildman–Crippen LogP) is 3.85. The molecule has 0 spiro atoms. The molecule has 0 heterocycles. The van der Waals surface area contributed by atoms with Gasteiger partial charge in [0.25, 0.3) is 0 Å². The van der Waals surface area contributed by atoms with Crippen LogP contribution in [-0.4, -0.2) is 0 Å². The Balaban J connectivity index is 3.16. The molecule has 10 heavy (non-hydrogen) atoms. The first kappa shape index (κ1) is 8.02. The Morgan fingerprint density at radius 3 is 2.40 bits per heavy atom. The molecular weight excluding hydrogens is 256 g/mol. The molecule has 0 aromatic heterocycles. The normalized spacial score (nSPS) is 9.40. The van der Waals surface area contributed by atoms with Crippen LogP contribution in [0.4, 0.5) is 0 Å². The van der Waals surface area contributed by atoms with Crippen LogP contribution in [0.1, 0.15) is 5.56 Å². The lowest BCUT2D eigenvalue weighted by molar-refractivity contribution is 1.56. The van der Waals surface area contributed by atoms with Gasteiger partial charge in [-0.15, -0.1) is 0 Å². The average molecular weight is 262 g/mol. The van der Waals surface area contributed by atoms with Gasteiger partial charge in [0.2, 0.25) is 0 Å². The summed E-state index contributed by atoms with van der Waals surface area (Å²) in [5.41, 5.74) is 1.12. The van der Waals surface area contributed by atoms with E-state index in [1.54, 1.807) is 0 Å². The van der Waals surface area contributed by atoms with Crippen molar-refractivity contribution in [2.24, 2.45) is 0 Å². The molecule has 0 aliphatic carbocycles. The van der Waals surface area contributed by atoms with E-state index in [-0.39, 0.29) is 0 Å². The first-order valence-electron chi connectivity index (χ1n) is 2.81. The minimum Gasteiger partial charge on any atom is -0.0985 e. The standard InChI is InChI=1S/C8H6Br2/c1-2-6-3-4-7(9)8(10)5-6/h2-5H,1H2. The van der Waals surface area contributed by atoms with Crippen molar-refractivity contribution >= 4 is 37.9 Å². The van der Waals surface area contributed by atoms with Crippen LogP contribution >= 0.6 is 31.9 Å². The first-order chi connectivity index (χ1) is 4.74. The monoisotopic (exact) mass is 260 g/mol. The maximum Gasteiger partial charge on any atom is 0.0323 e. The number of hydrogen-bond acceptors (Lipinski definition) is 0. The van der Waals surface area contributed by atoms with Crippen molar-refractivity contribution < 1.29 is 0 Å². The van der Waals surface area contributed by atoms with Crippen molar-refractivity contribution in [3.63, 3.8) is 0 Å². The fourth-order valence-corrected chi connectivity index (χ4v) is 1.28. The zero-order chi connectivity index (χ0) is 7.56. The third kappa shape index (κ3) is 1.70. The molecule has 0 nitrogen and oxygen atoms in total. The van der Waals surface area contributed by atoms with Crippen LogP contribution in [-0.2, 0) is 0 Å². The van der Waals surface area contributed by atoms with Gasteiger partial charge in [-0.05, 0) is 49.6 Å². The van der Waals surface area contributed by atoms with E-state index >= 15 is 0 Å². The fraction of sp³-hybridized carbons (Fsp3) is 0. The summed E-state index contributed by atoms with van der Waals surface area (Å²) >= 11 is 6.77. The Labute approximate surface area is 77.2 Å². The molecule has 1 rings (SSSR count). The summed E-state index contributed by atoms with van der Waals surface area (Å²) in [5.74, 6) is 0. The van der Waals surface area contributed by atoms with Crippen molar-refractivity contribution in [1.82, 2.24) is 0 Å². The Morgan fingerprint density at radius 2 is 1.90 bits per heavy atom. The summed E-state index contributed by atoms with van der Waals surface area (Å²) in [6.07, 6.45) is 1.82. The average Bonchev–Trinajstić information content (AvgIpc) is 1.95. The second-order valence-corrected chi connectivity index (χ2v) is 3.59. The van der Waals surface area contributed by atoms with Crippen molar-refractivity contribution in [1.29, 1.82) is 0 Å². The molecule has 1 aromatic rings. The second kappa shape index (κ2) is 3.35. The minimum absolute atomic E-state index is 1.06. The topological polar surface area (TPSA) is 0 Å². The summed E-state index contributed by atoms with van der Waals surface area (Å²) in [7, 11) is 0. The van der Waals surface area contributed by atoms with Gasteiger partial charge in [-0.2, -0.15) is 0 Å². The quantitative estimate of drug-likeness (QED) is 0.720. The number of benzene rings is 1. The molecule has 2 heteroatoms. The molecule has 0 radical (unpaired) electrons. The molecular formula is C8H6Br2. The molecule has 0 aliphatic rings. The third-order valence-corrected chi connectivity index (χ3v) is 3.06. The smallest absolute Gasteiger partial charge is 0.0323 e. The van der Waals surface area contributed by atoms with Crippen LogP contribution in [0.5, 0.6) is 0 Å². The maximum absolute atomic E-state index is 3.67. The van der Waals surface area contributed by atoms with E-state index in [0.717, 1.165) is 14.5 Å². The highest BCUT2D eigenvalue weighted by Gasteiger charge is 1.93. The number of hydrogen-bond donors (Lipinski definition) is 0. The minimum atomic E-state index is 1.06.